The Morgan fingerprint density at radius 3 is 2.83 bits per heavy atom. The predicted octanol–water partition coefficient (Wildman–Crippen LogP) is 1.48. The highest BCUT2D eigenvalue weighted by atomic mass is 15.2. The second-order valence-corrected chi connectivity index (χ2v) is 3.89. The Morgan fingerprint density at radius 1 is 1.42 bits per heavy atom. The monoisotopic (exact) mass is 165 g/mol. The quantitative estimate of drug-likeness (QED) is 0.683. The van der Waals surface area contributed by atoms with Gasteiger partial charge in [-0.15, -0.1) is 0 Å². The van der Waals surface area contributed by atoms with Gasteiger partial charge in [-0.25, -0.2) is 0 Å². The van der Waals surface area contributed by atoms with Gasteiger partial charge >= 0.3 is 0 Å². The Morgan fingerprint density at radius 2 is 2.17 bits per heavy atom. The molecule has 0 bridgehead atoms. The summed E-state index contributed by atoms with van der Waals surface area (Å²) in [7, 11) is 2.14. The van der Waals surface area contributed by atoms with E-state index >= 15 is 0 Å². The minimum atomic E-state index is 0.538. The van der Waals surface area contributed by atoms with E-state index in [0.29, 0.717) is 5.92 Å². The van der Waals surface area contributed by atoms with Crippen LogP contribution in [0.4, 0.5) is 0 Å². The van der Waals surface area contributed by atoms with Gasteiger partial charge in [0.1, 0.15) is 0 Å². The van der Waals surface area contributed by atoms with Crippen LogP contribution in [0.2, 0.25) is 0 Å². The van der Waals surface area contributed by atoms with Crippen LogP contribution < -0.4 is 0 Å². The van der Waals surface area contributed by atoms with Gasteiger partial charge in [-0.3, -0.25) is 10.00 Å². The highest BCUT2D eigenvalue weighted by Crippen LogP contribution is 2.26. The number of aromatic amines is 1. The van der Waals surface area contributed by atoms with E-state index in [1.165, 1.54) is 17.0 Å². The summed E-state index contributed by atoms with van der Waals surface area (Å²) in [6.45, 7) is 6.46. The average molecular weight is 165 g/mol. The summed E-state index contributed by atoms with van der Waals surface area (Å²) in [5.41, 5.74) is 3.98. The molecule has 0 saturated heterocycles. The first kappa shape index (κ1) is 7.80. The molecule has 1 aromatic rings. The molecule has 1 N–H and O–H groups in total. The molecule has 0 aromatic carbocycles. The third-order valence-corrected chi connectivity index (χ3v) is 2.39. The maximum atomic E-state index is 4.32. The van der Waals surface area contributed by atoms with E-state index in [-0.39, 0.29) is 0 Å². The Labute approximate surface area is 72.8 Å². The van der Waals surface area contributed by atoms with Crippen molar-refractivity contribution in [3.63, 3.8) is 0 Å². The second kappa shape index (κ2) is 2.59. The van der Waals surface area contributed by atoms with Gasteiger partial charge in [0, 0.05) is 18.7 Å². The van der Waals surface area contributed by atoms with E-state index < -0.39 is 0 Å². The molecule has 0 saturated carbocycles. The molecule has 1 aromatic heterocycles. The van der Waals surface area contributed by atoms with Crippen molar-refractivity contribution >= 4 is 0 Å². The van der Waals surface area contributed by atoms with E-state index in [0.717, 1.165) is 13.1 Å². The van der Waals surface area contributed by atoms with Crippen molar-refractivity contribution < 1.29 is 0 Å². The first-order chi connectivity index (χ1) is 5.68. The van der Waals surface area contributed by atoms with Crippen LogP contribution in [0.3, 0.4) is 0 Å². The van der Waals surface area contributed by atoms with E-state index in [2.05, 4.69) is 36.0 Å². The Bertz CT molecular complexity index is 288. The molecule has 1 aliphatic heterocycles. The molecule has 0 atom stereocenters. The molecule has 0 fully saturated rings. The second-order valence-electron chi connectivity index (χ2n) is 3.89. The Hall–Kier alpha value is -0.830. The van der Waals surface area contributed by atoms with E-state index in [4.69, 9.17) is 0 Å². The van der Waals surface area contributed by atoms with Crippen molar-refractivity contribution in [1.82, 2.24) is 15.1 Å². The molecule has 66 valence electrons. The highest BCUT2D eigenvalue weighted by molar-refractivity contribution is 5.30. The highest BCUT2D eigenvalue weighted by Gasteiger charge is 2.22. The topological polar surface area (TPSA) is 31.9 Å². The Kier molecular flexibility index (Phi) is 1.68. The Balaban J connectivity index is 2.37. The molecule has 0 radical (unpaired) electrons. The molecular weight excluding hydrogens is 150 g/mol. The number of fused-ring (bicyclic) bond motifs is 1. The zero-order valence-corrected chi connectivity index (χ0v) is 7.89. The zero-order chi connectivity index (χ0) is 8.72. The fraction of sp³-hybridized carbons (Fsp3) is 0.667. The number of hydrogen-bond donors (Lipinski definition) is 1. The third kappa shape index (κ3) is 1.05. The van der Waals surface area contributed by atoms with Crippen molar-refractivity contribution in [3.05, 3.63) is 17.0 Å². The van der Waals surface area contributed by atoms with Gasteiger partial charge < -0.3 is 0 Å². The van der Waals surface area contributed by atoms with Gasteiger partial charge in [0.05, 0.1) is 11.4 Å². The average Bonchev–Trinajstić information content (AvgIpc) is 2.43. The van der Waals surface area contributed by atoms with Crippen LogP contribution in [-0.4, -0.2) is 22.1 Å². The fourth-order valence-electron chi connectivity index (χ4n) is 1.80. The third-order valence-electron chi connectivity index (χ3n) is 2.39. The van der Waals surface area contributed by atoms with E-state index in [1.807, 2.05) is 0 Å². The lowest BCUT2D eigenvalue weighted by Gasteiger charge is -2.06. The number of H-pyrrole nitrogens is 1. The normalized spacial score (nSPS) is 17.3. The maximum Gasteiger partial charge on any atom is 0.0695 e. The van der Waals surface area contributed by atoms with Crippen LogP contribution in [0.25, 0.3) is 0 Å². The number of nitrogens with zero attached hydrogens (tertiary/aromatic N) is 2. The molecule has 2 heterocycles. The lowest BCUT2D eigenvalue weighted by molar-refractivity contribution is 0.347. The number of nitrogens with one attached hydrogen (secondary N) is 1. The number of aromatic nitrogens is 2. The number of rotatable bonds is 1. The molecule has 12 heavy (non-hydrogen) atoms. The summed E-state index contributed by atoms with van der Waals surface area (Å²) in [6, 6.07) is 0. The zero-order valence-electron chi connectivity index (χ0n) is 7.89. The van der Waals surface area contributed by atoms with E-state index in [9.17, 15) is 0 Å². The largest absolute Gasteiger partial charge is 0.296 e. The molecule has 0 spiro atoms. The summed E-state index contributed by atoms with van der Waals surface area (Å²) in [5, 5.41) is 7.43. The van der Waals surface area contributed by atoms with Gasteiger partial charge in [-0.2, -0.15) is 5.10 Å². The van der Waals surface area contributed by atoms with Crippen LogP contribution in [0.15, 0.2) is 0 Å². The first-order valence-corrected chi connectivity index (χ1v) is 4.43. The molecule has 0 amide bonds. The van der Waals surface area contributed by atoms with Crippen molar-refractivity contribution in [2.24, 2.45) is 0 Å². The summed E-state index contributed by atoms with van der Waals surface area (Å²) >= 11 is 0. The van der Waals surface area contributed by atoms with Crippen molar-refractivity contribution in [2.45, 2.75) is 32.9 Å². The van der Waals surface area contributed by atoms with E-state index in [1.54, 1.807) is 0 Å². The smallest absolute Gasteiger partial charge is 0.0695 e. The molecule has 3 heteroatoms. The molecule has 0 unspecified atom stereocenters. The molecule has 3 nitrogen and oxygen atoms in total. The first-order valence-electron chi connectivity index (χ1n) is 4.43. The van der Waals surface area contributed by atoms with Crippen LogP contribution in [0.1, 0.15) is 36.7 Å². The fourth-order valence-corrected chi connectivity index (χ4v) is 1.80. The van der Waals surface area contributed by atoms with Crippen LogP contribution in [0.5, 0.6) is 0 Å². The lowest BCUT2D eigenvalue weighted by atomic mass is 10.1. The van der Waals surface area contributed by atoms with Crippen LogP contribution in [0, 0.1) is 0 Å². The van der Waals surface area contributed by atoms with Gasteiger partial charge in [0.15, 0.2) is 0 Å². The SMILES string of the molecule is CC(C)c1n[nH]c2c1CN(C)C2. The molecule has 2 rings (SSSR count). The van der Waals surface area contributed by atoms with Crippen molar-refractivity contribution in [1.29, 1.82) is 0 Å². The van der Waals surface area contributed by atoms with Gasteiger partial charge in [0.2, 0.25) is 0 Å². The molecular formula is C9H15N3. The molecule has 0 aliphatic carbocycles. The van der Waals surface area contributed by atoms with Crippen LogP contribution in [-0.2, 0) is 13.1 Å². The maximum absolute atomic E-state index is 4.32. The van der Waals surface area contributed by atoms with Crippen LogP contribution >= 0.6 is 0 Å². The summed E-state index contributed by atoms with van der Waals surface area (Å²) in [5.74, 6) is 0.538. The summed E-state index contributed by atoms with van der Waals surface area (Å²) in [4.78, 5) is 2.30. The van der Waals surface area contributed by atoms with Crippen molar-refractivity contribution in [2.75, 3.05) is 7.05 Å². The minimum Gasteiger partial charge on any atom is -0.296 e. The molecule has 1 aliphatic rings. The predicted molar refractivity (Wildman–Crippen MR) is 47.8 cm³/mol. The minimum absolute atomic E-state index is 0.538. The summed E-state index contributed by atoms with van der Waals surface area (Å²) < 4.78 is 0. The number of hydrogen-bond acceptors (Lipinski definition) is 2. The lowest BCUT2D eigenvalue weighted by Crippen LogP contribution is -2.09. The van der Waals surface area contributed by atoms with Gasteiger partial charge in [0.25, 0.3) is 0 Å². The van der Waals surface area contributed by atoms with Gasteiger partial charge in [-0.05, 0) is 13.0 Å². The standard InChI is InChI=1S/C9H15N3/c1-6(2)9-7-4-12(3)5-8(7)10-11-9/h6H,4-5H2,1-3H3,(H,10,11). The summed E-state index contributed by atoms with van der Waals surface area (Å²) in [6.07, 6.45) is 0. The van der Waals surface area contributed by atoms with Crippen molar-refractivity contribution in [3.8, 4) is 0 Å². The van der Waals surface area contributed by atoms with Gasteiger partial charge in [-0.1, -0.05) is 13.8 Å².